The normalized spacial score (nSPS) is 12.0. The van der Waals surface area contributed by atoms with Crippen LogP contribution in [0.4, 0.5) is 0 Å². The van der Waals surface area contributed by atoms with Crippen molar-refractivity contribution in [3.05, 3.63) is 71.8 Å². The average molecular weight is 339 g/mol. The van der Waals surface area contributed by atoms with Gasteiger partial charge in [0.1, 0.15) is 0 Å². The summed E-state index contributed by atoms with van der Waals surface area (Å²) in [6.45, 7) is 0.510. The van der Waals surface area contributed by atoms with Gasteiger partial charge in [0.15, 0.2) is 0 Å². The molecule has 0 bridgehead atoms. The Labute approximate surface area is 148 Å². The number of benzene rings is 2. The molecule has 0 aliphatic heterocycles. The van der Waals surface area contributed by atoms with Gasteiger partial charge in [0.05, 0.1) is 12.0 Å². The van der Waals surface area contributed by atoms with Crippen LogP contribution in [0.2, 0.25) is 0 Å². The fourth-order valence-corrected chi connectivity index (χ4v) is 2.80. The Morgan fingerprint density at radius 3 is 1.88 bits per heavy atom. The smallest absolute Gasteiger partial charge is 0.243 e. The molecule has 0 unspecified atom stereocenters. The van der Waals surface area contributed by atoms with Gasteiger partial charge in [-0.1, -0.05) is 60.7 Å². The highest BCUT2D eigenvalue weighted by Gasteiger charge is 2.26. The van der Waals surface area contributed by atoms with E-state index in [-0.39, 0.29) is 11.8 Å². The maximum atomic E-state index is 12.9. The largest absolute Gasteiger partial charge is 0.330 e. The van der Waals surface area contributed by atoms with Crippen LogP contribution in [-0.4, -0.2) is 31.4 Å². The van der Waals surface area contributed by atoms with Crippen molar-refractivity contribution in [2.75, 3.05) is 13.6 Å². The van der Waals surface area contributed by atoms with Crippen LogP contribution in [0.25, 0.3) is 0 Å². The minimum absolute atomic E-state index is 0.321. The first-order valence-electron chi connectivity index (χ1n) is 8.49. The Kier molecular flexibility index (Phi) is 7.32. The average Bonchev–Trinajstić information content (AvgIpc) is 2.64. The van der Waals surface area contributed by atoms with Crippen molar-refractivity contribution in [3.63, 3.8) is 0 Å². The topological polar surface area (TPSA) is 84.2 Å². The zero-order valence-electron chi connectivity index (χ0n) is 14.4. The number of nitrogens with two attached hydrogens (primary N) is 1. The van der Waals surface area contributed by atoms with Gasteiger partial charge in [-0.15, -0.1) is 0 Å². The van der Waals surface area contributed by atoms with E-state index in [0.29, 0.717) is 19.4 Å². The summed E-state index contributed by atoms with van der Waals surface area (Å²) in [7, 11) is 1.71. The maximum absolute atomic E-state index is 12.9. The van der Waals surface area contributed by atoms with Crippen LogP contribution in [0.15, 0.2) is 60.7 Å². The Morgan fingerprint density at radius 1 is 0.920 bits per heavy atom. The number of hydrogen-bond acceptors (Lipinski definition) is 4. The van der Waals surface area contributed by atoms with E-state index in [1.165, 1.54) is 0 Å². The second kappa shape index (κ2) is 9.71. The molecule has 2 aromatic carbocycles. The first-order valence-corrected chi connectivity index (χ1v) is 8.49. The second-order valence-corrected chi connectivity index (χ2v) is 5.88. The number of hydrogen-bond donors (Lipinski definition) is 3. The number of carbonyl (C=O) groups is 2. The Morgan fingerprint density at radius 2 is 1.44 bits per heavy atom. The number of imide groups is 1. The summed E-state index contributed by atoms with van der Waals surface area (Å²) in [5.74, 6) is -1.17. The zero-order chi connectivity index (χ0) is 18.1. The standard InChI is InChI=1S/C20H25N3O2/c1-22-17(13-8-14-21)19(24)23-20(25)18(15-9-4-2-5-10-15)16-11-6-3-7-12-16/h2-7,9-12,17-18,22H,8,13-14,21H2,1H3,(H,23,24,25)/t17-/m0/s1. The quantitative estimate of drug-likeness (QED) is 0.684. The van der Waals surface area contributed by atoms with E-state index in [0.717, 1.165) is 11.1 Å². The number of rotatable bonds is 8. The fourth-order valence-electron chi connectivity index (χ4n) is 2.80. The molecular formula is C20H25N3O2. The third kappa shape index (κ3) is 5.24. The molecule has 0 spiro atoms. The molecule has 5 heteroatoms. The molecule has 0 aliphatic carbocycles. The lowest BCUT2D eigenvalue weighted by atomic mass is 9.90. The Bertz CT molecular complexity index is 634. The molecule has 0 fully saturated rings. The van der Waals surface area contributed by atoms with Crippen molar-refractivity contribution in [1.29, 1.82) is 0 Å². The fraction of sp³-hybridized carbons (Fsp3) is 0.300. The molecule has 0 saturated heterocycles. The van der Waals surface area contributed by atoms with Gasteiger partial charge >= 0.3 is 0 Å². The van der Waals surface area contributed by atoms with Gasteiger partial charge in [0.2, 0.25) is 11.8 Å². The molecule has 1 atom stereocenters. The first-order chi connectivity index (χ1) is 12.2. The van der Waals surface area contributed by atoms with Crippen LogP contribution in [0, 0.1) is 0 Å². The van der Waals surface area contributed by atoms with Crippen molar-refractivity contribution in [2.45, 2.75) is 24.8 Å². The van der Waals surface area contributed by atoms with E-state index in [2.05, 4.69) is 10.6 Å². The van der Waals surface area contributed by atoms with E-state index >= 15 is 0 Å². The monoisotopic (exact) mass is 339 g/mol. The molecule has 5 nitrogen and oxygen atoms in total. The van der Waals surface area contributed by atoms with E-state index in [4.69, 9.17) is 5.73 Å². The van der Waals surface area contributed by atoms with E-state index < -0.39 is 12.0 Å². The lowest BCUT2D eigenvalue weighted by Gasteiger charge is -2.20. The second-order valence-electron chi connectivity index (χ2n) is 5.88. The SMILES string of the molecule is CN[C@@H](CCCN)C(=O)NC(=O)C(c1ccccc1)c1ccccc1. The van der Waals surface area contributed by atoms with Gasteiger partial charge in [0, 0.05) is 0 Å². The summed E-state index contributed by atoms with van der Waals surface area (Å²) in [6.07, 6.45) is 1.31. The molecule has 4 N–H and O–H groups in total. The number of likely N-dealkylation sites (N-methyl/N-ethyl adjacent to an activating group) is 1. The lowest BCUT2D eigenvalue weighted by molar-refractivity contribution is -0.132. The first kappa shape index (κ1) is 18.8. The molecule has 2 amide bonds. The van der Waals surface area contributed by atoms with E-state index in [9.17, 15) is 9.59 Å². The molecule has 2 rings (SSSR count). The molecule has 0 aliphatic rings. The van der Waals surface area contributed by atoms with Crippen LogP contribution in [0.5, 0.6) is 0 Å². The lowest BCUT2D eigenvalue weighted by Crippen LogP contribution is -2.46. The van der Waals surface area contributed by atoms with Crippen LogP contribution in [-0.2, 0) is 9.59 Å². The third-order valence-electron chi connectivity index (χ3n) is 4.14. The molecule has 0 radical (unpaired) electrons. The van der Waals surface area contributed by atoms with Gasteiger partial charge < -0.3 is 11.1 Å². The molecule has 0 aromatic heterocycles. The summed E-state index contributed by atoms with van der Waals surface area (Å²) in [5, 5.41) is 5.50. The van der Waals surface area contributed by atoms with Gasteiger partial charge in [-0.3, -0.25) is 14.9 Å². The highest BCUT2D eigenvalue weighted by atomic mass is 16.2. The summed E-state index contributed by atoms with van der Waals surface area (Å²) in [4.78, 5) is 25.3. The molecule has 2 aromatic rings. The zero-order valence-corrected chi connectivity index (χ0v) is 14.4. The molecule has 0 saturated carbocycles. The minimum Gasteiger partial charge on any atom is -0.330 e. The predicted molar refractivity (Wildman–Crippen MR) is 99.0 cm³/mol. The minimum atomic E-state index is -0.529. The molecule has 132 valence electrons. The predicted octanol–water partition coefficient (Wildman–Crippen LogP) is 1.79. The van der Waals surface area contributed by atoms with Gasteiger partial charge in [-0.05, 0) is 37.6 Å². The molecule has 0 heterocycles. The van der Waals surface area contributed by atoms with Crippen molar-refractivity contribution < 1.29 is 9.59 Å². The number of nitrogens with one attached hydrogen (secondary N) is 2. The summed E-state index contributed by atoms with van der Waals surface area (Å²) in [5.41, 5.74) is 7.20. The van der Waals surface area contributed by atoms with Gasteiger partial charge in [0.25, 0.3) is 0 Å². The third-order valence-corrected chi connectivity index (χ3v) is 4.14. The van der Waals surface area contributed by atoms with Crippen LogP contribution in [0.1, 0.15) is 29.9 Å². The number of amides is 2. The summed E-state index contributed by atoms with van der Waals surface area (Å²) in [6, 6.07) is 18.5. The summed E-state index contributed by atoms with van der Waals surface area (Å²) >= 11 is 0. The maximum Gasteiger partial charge on any atom is 0.243 e. The van der Waals surface area contributed by atoms with Gasteiger partial charge in [-0.25, -0.2) is 0 Å². The van der Waals surface area contributed by atoms with Crippen molar-refractivity contribution in [3.8, 4) is 0 Å². The molecule has 25 heavy (non-hydrogen) atoms. The van der Waals surface area contributed by atoms with Crippen LogP contribution >= 0.6 is 0 Å². The summed E-state index contributed by atoms with van der Waals surface area (Å²) < 4.78 is 0. The van der Waals surface area contributed by atoms with E-state index in [1.54, 1.807) is 7.05 Å². The van der Waals surface area contributed by atoms with Crippen molar-refractivity contribution in [1.82, 2.24) is 10.6 Å². The van der Waals surface area contributed by atoms with E-state index in [1.807, 2.05) is 60.7 Å². The highest BCUT2D eigenvalue weighted by Crippen LogP contribution is 2.24. The van der Waals surface area contributed by atoms with Crippen molar-refractivity contribution in [2.24, 2.45) is 5.73 Å². The Balaban J connectivity index is 2.20. The Hall–Kier alpha value is -2.50. The van der Waals surface area contributed by atoms with Crippen LogP contribution < -0.4 is 16.4 Å². The highest BCUT2D eigenvalue weighted by molar-refractivity contribution is 6.01. The van der Waals surface area contributed by atoms with Crippen LogP contribution in [0.3, 0.4) is 0 Å². The van der Waals surface area contributed by atoms with Gasteiger partial charge in [-0.2, -0.15) is 0 Å². The van der Waals surface area contributed by atoms with Crippen molar-refractivity contribution >= 4 is 11.8 Å². The molecular weight excluding hydrogens is 314 g/mol. The number of carbonyl (C=O) groups excluding carboxylic acids is 2.